The second kappa shape index (κ2) is 7.93. The number of benzene rings is 5. The van der Waals surface area contributed by atoms with Gasteiger partial charge in [0.05, 0.1) is 5.57 Å². The summed E-state index contributed by atoms with van der Waals surface area (Å²) >= 11 is 0. The van der Waals surface area contributed by atoms with E-state index >= 15 is 0 Å². The number of hydrogen-bond donors (Lipinski definition) is 1. The number of allylic oxidation sites excluding steroid dienone is 2. The largest absolute Gasteiger partial charge is 0.512 e. The third-order valence-corrected chi connectivity index (χ3v) is 7.77. The number of Topliss-reactive ketones (excluding diaryl/α,β-unsaturated/α-hetero) is 1. The molecule has 0 atom stereocenters. The molecule has 0 radical (unpaired) electrons. The lowest BCUT2D eigenvalue weighted by atomic mass is 9.80. The summed E-state index contributed by atoms with van der Waals surface area (Å²) in [5, 5.41) is 14.6. The zero-order valence-corrected chi connectivity index (χ0v) is 21.0. The third kappa shape index (κ3) is 3.07. The molecule has 0 saturated heterocycles. The van der Waals surface area contributed by atoms with Crippen LogP contribution in [0.25, 0.3) is 49.4 Å². The third-order valence-electron chi connectivity index (χ3n) is 7.77. The average Bonchev–Trinajstić information content (AvgIpc) is 3.10. The Hall–Kier alpha value is -4.17. The van der Waals surface area contributed by atoms with E-state index in [2.05, 4.69) is 80.6 Å². The fraction of sp³-hybridized carbons (Fsp3) is 0.147. The number of carbonyl (C=O) groups excluding carboxylic acids is 1. The zero-order valence-electron chi connectivity index (χ0n) is 21.0. The summed E-state index contributed by atoms with van der Waals surface area (Å²) in [7, 11) is 0. The maximum absolute atomic E-state index is 12.7. The highest BCUT2D eigenvalue weighted by atomic mass is 16.3. The van der Waals surface area contributed by atoms with Crippen molar-refractivity contribution < 1.29 is 9.90 Å². The second-order valence-corrected chi connectivity index (χ2v) is 10.3. The van der Waals surface area contributed by atoms with E-state index in [-0.39, 0.29) is 17.0 Å². The van der Waals surface area contributed by atoms with Gasteiger partial charge in [0.15, 0.2) is 5.78 Å². The van der Waals surface area contributed by atoms with Gasteiger partial charge >= 0.3 is 0 Å². The van der Waals surface area contributed by atoms with Crippen LogP contribution in [0.15, 0.2) is 96.8 Å². The fourth-order valence-corrected chi connectivity index (χ4v) is 6.18. The van der Waals surface area contributed by atoms with Gasteiger partial charge in [0.25, 0.3) is 0 Å². The first kappa shape index (κ1) is 22.3. The standard InChI is InChI=1S/C34H28O2/c1-20(35)31(21(2)36)33-27-14-7-5-12-25(27)32(26-13-6-8-15-28(26)33)22-17-18-24-23-11-9-10-16-29(23)34(3,4)30(24)19-22/h5-19,35H,1-4H3/b31-20+. The molecule has 0 amide bonds. The first-order chi connectivity index (χ1) is 17.3. The average molecular weight is 469 g/mol. The van der Waals surface area contributed by atoms with E-state index in [4.69, 9.17) is 0 Å². The van der Waals surface area contributed by atoms with Crippen LogP contribution in [0.2, 0.25) is 0 Å². The Morgan fingerprint density at radius 1 is 0.667 bits per heavy atom. The van der Waals surface area contributed by atoms with Crippen molar-refractivity contribution in [2.45, 2.75) is 33.1 Å². The number of carbonyl (C=O) groups is 1. The summed E-state index contributed by atoms with van der Waals surface area (Å²) in [5.41, 5.74) is 8.68. The normalized spacial score (nSPS) is 14.4. The lowest BCUT2D eigenvalue weighted by molar-refractivity contribution is -0.111. The van der Waals surface area contributed by atoms with Crippen LogP contribution in [-0.2, 0) is 10.2 Å². The Kier molecular flexibility index (Phi) is 4.91. The summed E-state index contributed by atoms with van der Waals surface area (Å²) in [5.74, 6) is -0.0994. The van der Waals surface area contributed by atoms with E-state index in [0.717, 1.165) is 38.2 Å². The molecule has 0 heterocycles. The van der Waals surface area contributed by atoms with Crippen LogP contribution in [0.5, 0.6) is 0 Å². The van der Waals surface area contributed by atoms with Gasteiger partial charge in [0.1, 0.15) is 5.76 Å². The van der Waals surface area contributed by atoms with Crippen LogP contribution in [-0.4, -0.2) is 10.9 Å². The molecule has 1 N–H and O–H groups in total. The Morgan fingerprint density at radius 2 is 1.19 bits per heavy atom. The number of ketones is 1. The van der Waals surface area contributed by atoms with Gasteiger partial charge in [-0.05, 0) is 74.8 Å². The van der Waals surface area contributed by atoms with Crippen LogP contribution in [0, 0.1) is 0 Å². The minimum Gasteiger partial charge on any atom is -0.512 e. The first-order valence-corrected chi connectivity index (χ1v) is 12.4. The summed E-state index contributed by atoms with van der Waals surface area (Å²) in [6.07, 6.45) is 0. The molecule has 5 aromatic rings. The molecule has 0 bridgehead atoms. The van der Waals surface area contributed by atoms with Crippen molar-refractivity contribution in [3.8, 4) is 22.3 Å². The monoisotopic (exact) mass is 468 g/mol. The van der Waals surface area contributed by atoms with Crippen molar-refractivity contribution >= 4 is 32.9 Å². The van der Waals surface area contributed by atoms with Gasteiger partial charge in [-0.3, -0.25) is 4.79 Å². The fourth-order valence-electron chi connectivity index (χ4n) is 6.18. The van der Waals surface area contributed by atoms with E-state index < -0.39 is 0 Å². The van der Waals surface area contributed by atoms with Crippen molar-refractivity contribution in [1.82, 2.24) is 0 Å². The van der Waals surface area contributed by atoms with Gasteiger partial charge in [-0.25, -0.2) is 0 Å². The van der Waals surface area contributed by atoms with Crippen molar-refractivity contribution in [2.24, 2.45) is 0 Å². The molecule has 5 aromatic carbocycles. The minimum atomic E-state index is -0.143. The topological polar surface area (TPSA) is 37.3 Å². The number of hydrogen-bond acceptors (Lipinski definition) is 2. The van der Waals surface area contributed by atoms with Crippen molar-refractivity contribution in [3.63, 3.8) is 0 Å². The van der Waals surface area contributed by atoms with E-state index in [1.54, 1.807) is 6.92 Å². The molecule has 2 nitrogen and oxygen atoms in total. The minimum absolute atomic E-state index is 0.0441. The van der Waals surface area contributed by atoms with Gasteiger partial charge in [0.2, 0.25) is 0 Å². The molecule has 1 aliphatic rings. The van der Waals surface area contributed by atoms with E-state index in [1.807, 2.05) is 24.3 Å². The highest BCUT2D eigenvalue weighted by Gasteiger charge is 2.35. The van der Waals surface area contributed by atoms with Crippen molar-refractivity contribution in [2.75, 3.05) is 0 Å². The highest BCUT2D eigenvalue weighted by molar-refractivity contribution is 6.30. The predicted octanol–water partition coefficient (Wildman–Crippen LogP) is 8.84. The van der Waals surface area contributed by atoms with Crippen LogP contribution in [0.4, 0.5) is 0 Å². The predicted molar refractivity (Wildman–Crippen MR) is 150 cm³/mol. The SMILES string of the molecule is CC(=O)/C(=C(/C)O)c1c2ccccc2c(-c2ccc3c(c2)C(C)(C)c2ccccc2-3)c2ccccc12. The maximum atomic E-state index is 12.7. The number of fused-ring (bicyclic) bond motifs is 5. The molecule has 176 valence electrons. The molecule has 2 heteroatoms. The van der Waals surface area contributed by atoms with Crippen LogP contribution in [0.3, 0.4) is 0 Å². The van der Waals surface area contributed by atoms with Crippen LogP contribution >= 0.6 is 0 Å². The van der Waals surface area contributed by atoms with Gasteiger partial charge in [0, 0.05) is 11.0 Å². The Balaban J connectivity index is 1.72. The molecule has 0 aromatic heterocycles. The molecule has 0 unspecified atom stereocenters. The van der Waals surface area contributed by atoms with Gasteiger partial charge in [-0.15, -0.1) is 0 Å². The molecular formula is C34H28O2. The number of rotatable bonds is 3. The maximum Gasteiger partial charge on any atom is 0.163 e. The zero-order chi connectivity index (χ0) is 25.2. The molecular weight excluding hydrogens is 440 g/mol. The number of aliphatic hydroxyl groups is 1. The summed E-state index contributed by atoms with van der Waals surface area (Å²) in [6.45, 7) is 7.71. The molecule has 0 saturated carbocycles. The molecule has 6 rings (SSSR count). The van der Waals surface area contributed by atoms with E-state index in [0.29, 0.717) is 5.57 Å². The van der Waals surface area contributed by atoms with Crippen LogP contribution < -0.4 is 0 Å². The highest BCUT2D eigenvalue weighted by Crippen LogP contribution is 2.51. The second-order valence-electron chi connectivity index (χ2n) is 10.3. The summed E-state index contributed by atoms with van der Waals surface area (Å²) in [4.78, 5) is 12.7. The van der Waals surface area contributed by atoms with E-state index in [9.17, 15) is 9.90 Å². The lowest BCUT2D eigenvalue weighted by Gasteiger charge is -2.23. The first-order valence-electron chi connectivity index (χ1n) is 12.4. The molecule has 0 aliphatic heterocycles. The smallest absolute Gasteiger partial charge is 0.163 e. The quantitative estimate of drug-likeness (QED) is 0.163. The Morgan fingerprint density at radius 3 is 1.78 bits per heavy atom. The number of aliphatic hydroxyl groups excluding tert-OH is 1. The molecule has 36 heavy (non-hydrogen) atoms. The summed E-state index contributed by atoms with van der Waals surface area (Å²) < 4.78 is 0. The molecule has 0 fully saturated rings. The Bertz CT molecular complexity index is 1690. The van der Waals surface area contributed by atoms with Gasteiger partial charge < -0.3 is 5.11 Å². The van der Waals surface area contributed by atoms with Gasteiger partial charge in [-0.1, -0.05) is 98.8 Å². The summed E-state index contributed by atoms with van der Waals surface area (Å²) in [6, 6.07) is 32.0. The molecule has 1 aliphatic carbocycles. The van der Waals surface area contributed by atoms with Gasteiger partial charge in [-0.2, -0.15) is 0 Å². The van der Waals surface area contributed by atoms with Crippen LogP contribution in [0.1, 0.15) is 44.4 Å². The van der Waals surface area contributed by atoms with Crippen molar-refractivity contribution in [1.29, 1.82) is 0 Å². The molecule has 0 spiro atoms. The Labute approximate surface area is 211 Å². The lowest BCUT2D eigenvalue weighted by Crippen LogP contribution is -2.14. The van der Waals surface area contributed by atoms with Crippen molar-refractivity contribution in [3.05, 3.63) is 113 Å². The van der Waals surface area contributed by atoms with E-state index in [1.165, 1.54) is 29.2 Å².